The Morgan fingerprint density at radius 3 is 2.30 bits per heavy atom. The average Bonchev–Trinajstić information content (AvgIpc) is 1.59. The van der Waals surface area contributed by atoms with Gasteiger partial charge < -0.3 is 0 Å². The Labute approximate surface area is 58.5 Å². The van der Waals surface area contributed by atoms with Gasteiger partial charge in [-0.15, -0.1) is 0 Å². The Morgan fingerprint density at radius 1 is 1.50 bits per heavy atom. The van der Waals surface area contributed by atoms with Crippen LogP contribution in [0.25, 0.3) is 0 Å². The van der Waals surface area contributed by atoms with Gasteiger partial charge in [-0.25, -0.2) is 21.9 Å². The SMILES string of the molecule is CS(=O)(=O)NCCC(F)F. The van der Waals surface area contributed by atoms with Crippen molar-refractivity contribution >= 4 is 10.0 Å². The summed E-state index contributed by atoms with van der Waals surface area (Å²) in [7, 11) is -3.30. The Kier molecular flexibility index (Phi) is 3.73. The largest absolute Gasteiger partial charge is 0.239 e. The second kappa shape index (κ2) is 3.82. The van der Waals surface area contributed by atoms with Crippen LogP contribution < -0.4 is 4.72 Å². The van der Waals surface area contributed by atoms with Gasteiger partial charge in [0.15, 0.2) is 0 Å². The molecule has 0 rings (SSSR count). The smallest absolute Gasteiger partial charge is 0.215 e. The number of sulfonamides is 1. The zero-order valence-corrected chi connectivity index (χ0v) is 6.29. The van der Waals surface area contributed by atoms with Crippen LogP contribution in [0.4, 0.5) is 8.78 Å². The highest BCUT2D eigenvalue weighted by atomic mass is 32.2. The van der Waals surface area contributed by atoms with Gasteiger partial charge in [-0.05, 0) is 0 Å². The number of hydrogen-bond acceptors (Lipinski definition) is 2. The van der Waals surface area contributed by atoms with Crippen LogP contribution >= 0.6 is 0 Å². The quantitative estimate of drug-likeness (QED) is 0.659. The third kappa shape index (κ3) is 7.77. The summed E-state index contributed by atoms with van der Waals surface area (Å²) >= 11 is 0. The lowest BCUT2D eigenvalue weighted by atomic mass is 10.5. The zero-order chi connectivity index (χ0) is 8.20. The molecule has 0 aliphatic carbocycles. The van der Waals surface area contributed by atoms with E-state index in [1.807, 2.05) is 4.72 Å². The molecule has 0 atom stereocenters. The maximum absolute atomic E-state index is 11.4. The van der Waals surface area contributed by atoms with Gasteiger partial charge in [0.25, 0.3) is 0 Å². The number of hydrogen-bond donors (Lipinski definition) is 1. The molecule has 10 heavy (non-hydrogen) atoms. The fourth-order valence-electron chi connectivity index (χ4n) is 0.353. The van der Waals surface area contributed by atoms with Crippen LogP contribution in [0.15, 0.2) is 0 Å². The minimum Gasteiger partial charge on any atom is -0.215 e. The number of rotatable bonds is 4. The van der Waals surface area contributed by atoms with Crippen molar-refractivity contribution in [1.29, 1.82) is 0 Å². The maximum atomic E-state index is 11.4. The summed E-state index contributed by atoms with van der Waals surface area (Å²) in [4.78, 5) is 0. The first kappa shape index (κ1) is 9.77. The third-order valence-corrected chi connectivity index (χ3v) is 1.46. The molecule has 0 bridgehead atoms. The van der Waals surface area contributed by atoms with Crippen molar-refractivity contribution in [1.82, 2.24) is 4.72 Å². The molecule has 0 unspecified atom stereocenters. The van der Waals surface area contributed by atoms with Crippen molar-refractivity contribution in [3.05, 3.63) is 0 Å². The number of nitrogens with one attached hydrogen (secondary N) is 1. The van der Waals surface area contributed by atoms with Crippen molar-refractivity contribution in [2.45, 2.75) is 12.8 Å². The number of halogens is 2. The zero-order valence-electron chi connectivity index (χ0n) is 5.47. The molecule has 0 aliphatic heterocycles. The topological polar surface area (TPSA) is 46.2 Å². The molecule has 1 N–H and O–H groups in total. The lowest BCUT2D eigenvalue weighted by Crippen LogP contribution is -2.24. The molecule has 3 nitrogen and oxygen atoms in total. The highest BCUT2D eigenvalue weighted by Gasteiger charge is 2.04. The first-order valence-corrected chi connectivity index (χ1v) is 4.54. The molecule has 0 saturated heterocycles. The summed E-state index contributed by atoms with van der Waals surface area (Å²) in [6, 6.07) is 0. The summed E-state index contributed by atoms with van der Waals surface area (Å²) in [5, 5.41) is 0. The van der Waals surface area contributed by atoms with Crippen LogP contribution in [0, 0.1) is 0 Å². The normalized spacial score (nSPS) is 12.4. The van der Waals surface area contributed by atoms with Gasteiger partial charge in [0.1, 0.15) is 0 Å². The molecule has 6 heteroatoms. The second-order valence-corrected chi connectivity index (χ2v) is 3.68. The van der Waals surface area contributed by atoms with E-state index < -0.39 is 22.9 Å². The molecule has 0 aromatic rings. The van der Waals surface area contributed by atoms with E-state index in [-0.39, 0.29) is 6.54 Å². The predicted molar refractivity (Wildman–Crippen MR) is 33.5 cm³/mol. The van der Waals surface area contributed by atoms with Gasteiger partial charge in [-0.3, -0.25) is 0 Å². The molecule has 0 spiro atoms. The minimum absolute atomic E-state index is 0.198. The van der Waals surface area contributed by atoms with Gasteiger partial charge >= 0.3 is 0 Å². The van der Waals surface area contributed by atoms with Crippen molar-refractivity contribution in [3.63, 3.8) is 0 Å². The number of alkyl halides is 2. The summed E-state index contributed by atoms with van der Waals surface area (Å²) in [5.41, 5.74) is 0. The lowest BCUT2D eigenvalue weighted by Gasteiger charge is -1.99. The van der Waals surface area contributed by atoms with Gasteiger partial charge in [-0.1, -0.05) is 0 Å². The van der Waals surface area contributed by atoms with Gasteiger partial charge in [-0.2, -0.15) is 0 Å². The lowest BCUT2D eigenvalue weighted by molar-refractivity contribution is 0.139. The van der Waals surface area contributed by atoms with E-state index in [0.717, 1.165) is 6.26 Å². The summed E-state index contributed by atoms with van der Waals surface area (Å²) in [6.45, 7) is -0.198. The maximum Gasteiger partial charge on any atom is 0.239 e. The van der Waals surface area contributed by atoms with Crippen LogP contribution in [0.1, 0.15) is 6.42 Å². The van der Waals surface area contributed by atoms with E-state index in [2.05, 4.69) is 0 Å². The van der Waals surface area contributed by atoms with E-state index in [4.69, 9.17) is 0 Å². The molecular weight excluding hydrogens is 164 g/mol. The summed E-state index contributed by atoms with van der Waals surface area (Å²) in [6.07, 6.45) is -1.96. The molecule has 0 aliphatic rings. The van der Waals surface area contributed by atoms with E-state index in [9.17, 15) is 17.2 Å². The highest BCUT2D eigenvalue weighted by molar-refractivity contribution is 7.88. The predicted octanol–water partition coefficient (Wildman–Crippen LogP) is 0.191. The Balaban J connectivity index is 3.39. The summed E-state index contributed by atoms with van der Waals surface area (Å²) < 4.78 is 45.2. The highest BCUT2D eigenvalue weighted by Crippen LogP contribution is 1.96. The van der Waals surface area contributed by atoms with Crippen LogP contribution in [-0.2, 0) is 10.0 Å². The van der Waals surface area contributed by atoms with Crippen LogP contribution in [-0.4, -0.2) is 27.6 Å². The second-order valence-electron chi connectivity index (χ2n) is 1.85. The van der Waals surface area contributed by atoms with Crippen molar-refractivity contribution in [3.8, 4) is 0 Å². The Hall–Kier alpha value is -0.230. The molecule has 0 heterocycles. The molecule has 0 amide bonds. The molecule has 0 radical (unpaired) electrons. The molecule has 62 valence electrons. The van der Waals surface area contributed by atoms with Gasteiger partial charge in [0, 0.05) is 13.0 Å². The average molecular weight is 173 g/mol. The summed E-state index contributed by atoms with van der Waals surface area (Å²) in [5.74, 6) is 0. The van der Waals surface area contributed by atoms with Crippen molar-refractivity contribution in [2.24, 2.45) is 0 Å². The van der Waals surface area contributed by atoms with Gasteiger partial charge in [0.05, 0.1) is 6.26 Å². The fraction of sp³-hybridized carbons (Fsp3) is 1.00. The van der Waals surface area contributed by atoms with E-state index in [1.165, 1.54) is 0 Å². The standard InChI is InChI=1S/C4H9F2NO2S/c1-10(8,9)7-3-2-4(5)6/h4,7H,2-3H2,1H3. The first-order chi connectivity index (χ1) is 4.42. The Morgan fingerprint density at radius 2 is 2.00 bits per heavy atom. The molecular formula is C4H9F2NO2S. The van der Waals surface area contributed by atoms with Crippen LogP contribution in [0.2, 0.25) is 0 Å². The Bertz CT molecular complexity index is 178. The molecule has 0 aromatic heterocycles. The third-order valence-electron chi connectivity index (χ3n) is 0.727. The van der Waals surface area contributed by atoms with Crippen molar-refractivity contribution < 1.29 is 17.2 Å². The monoisotopic (exact) mass is 173 g/mol. The minimum atomic E-state index is -3.30. The fourth-order valence-corrected chi connectivity index (χ4v) is 0.842. The van der Waals surface area contributed by atoms with Crippen molar-refractivity contribution in [2.75, 3.05) is 12.8 Å². The molecule has 0 fully saturated rings. The van der Waals surface area contributed by atoms with E-state index in [0.29, 0.717) is 0 Å². The van der Waals surface area contributed by atoms with E-state index in [1.54, 1.807) is 0 Å². The molecule has 0 aromatic carbocycles. The first-order valence-electron chi connectivity index (χ1n) is 2.64. The van der Waals surface area contributed by atoms with E-state index >= 15 is 0 Å². The van der Waals surface area contributed by atoms with Gasteiger partial charge in [0.2, 0.25) is 16.4 Å². The van der Waals surface area contributed by atoms with Crippen LogP contribution in [0.5, 0.6) is 0 Å². The molecule has 0 saturated carbocycles. The van der Waals surface area contributed by atoms with Crippen LogP contribution in [0.3, 0.4) is 0 Å².